The van der Waals surface area contributed by atoms with Crippen molar-refractivity contribution in [1.29, 1.82) is 0 Å². The fourth-order valence-corrected chi connectivity index (χ4v) is 3.24. The molecule has 0 unspecified atom stereocenters. The Morgan fingerprint density at radius 3 is 2.39 bits per heavy atom. The highest BCUT2D eigenvalue weighted by Crippen LogP contribution is 2.27. The van der Waals surface area contributed by atoms with Gasteiger partial charge >= 0.3 is 0 Å². The van der Waals surface area contributed by atoms with Crippen LogP contribution < -0.4 is 10.6 Å². The van der Waals surface area contributed by atoms with Crippen LogP contribution in [0, 0.1) is 20.8 Å². The van der Waals surface area contributed by atoms with Crippen LogP contribution in [0.15, 0.2) is 54.7 Å². The first-order valence-electron chi connectivity index (χ1n) is 8.75. The van der Waals surface area contributed by atoms with Crippen LogP contribution in [-0.2, 0) is 0 Å². The van der Waals surface area contributed by atoms with Crippen molar-refractivity contribution in [2.24, 2.45) is 0 Å². The fourth-order valence-electron chi connectivity index (χ4n) is 2.87. The minimum Gasteiger partial charge on any atom is -0.321 e. The predicted molar refractivity (Wildman–Crippen MR) is 112 cm³/mol. The summed E-state index contributed by atoms with van der Waals surface area (Å²) < 4.78 is 0. The average molecular weight is 394 g/mol. The second-order valence-electron chi connectivity index (χ2n) is 6.65. The molecular formula is C22H20ClN3O2. The third kappa shape index (κ3) is 4.56. The lowest BCUT2D eigenvalue weighted by Crippen LogP contribution is -2.17. The van der Waals surface area contributed by atoms with Crippen molar-refractivity contribution >= 4 is 34.8 Å². The molecule has 0 bridgehead atoms. The number of aromatic nitrogens is 1. The smallest absolute Gasteiger partial charge is 0.274 e. The van der Waals surface area contributed by atoms with E-state index in [0.29, 0.717) is 22.0 Å². The zero-order chi connectivity index (χ0) is 20.3. The Labute approximate surface area is 168 Å². The van der Waals surface area contributed by atoms with Crippen molar-refractivity contribution in [2.45, 2.75) is 20.8 Å². The number of nitrogens with zero attached hydrogens (tertiary/aromatic N) is 1. The summed E-state index contributed by atoms with van der Waals surface area (Å²) in [7, 11) is 0. The molecule has 0 saturated carbocycles. The second kappa shape index (κ2) is 8.23. The third-order valence-electron chi connectivity index (χ3n) is 4.20. The Bertz CT molecular complexity index is 1040. The van der Waals surface area contributed by atoms with Gasteiger partial charge in [0.1, 0.15) is 5.69 Å². The van der Waals surface area contributed by atoms with Gasteiger partial charge in [-0.2, -0.15) is 0 Å². The van der Waals surface area contributed by atoms with Gasteiger partial charge in [0.05, 0.1) is 10.7 Å². The van der Waals surface area contributed by atoms with Crippen molar-refractivity contribution in [1.82, 2.24) is 4.98 Å². The predicted octanol–water partition coefficient (Wildman–Crippen LogP) is 5.16. The average Bonchev–Trinajstić information content (AvgIpc) is 2.64. The van der Waals surface area contributed by atoms with Crippen LogP contribution in [0.3, 0.4) is 0 Å². The van der Waals surface area contributed by atoms with E-state index in [0.717, 1.165) is 16.7 Å². The molecule has 2 aromatic carbocycles. The molecule has 0 saturated heterocycles. The number of rotatable bonds is 4. The number of hydrogen-bond donors (Lipinski definition) is 2. The topological polar surface area (TPSA) is 71.1 Å². The molecule has 0 spiro atoms. The maximum atomic E-state index is 12.7. The van der Waals surface area contributed by atoms with Crippen molar-refractivity contribution in [3.05, 3.63) is 87.7 Å². The standard InChI is InChI=1S/C22H20ClN3O2/c1-13-5-4-6-17(10-13)25-22(28)19-12-16(7-8-24-19)21(27)26-20-15(3)9-14(2)11-18(20)23/h4-12H,1-3H3,(H,25,28)(H,26,27). The van der Waals surface area contributed by atoms with Crippen molar-refractivity contribution in [3.8, 4) is 0 Å². The van der Waals surface area contributed by atoms with E-state index in [1.54, 1.807) is 18.2 Å². The lowest BCUT2D eigenvalue weighted by molar-refractivity contribution is 0.102. The van der Waals surface area contributed by atoms with E-state index in [-0.39, 0.29) is 17.5 Å². The molecule has 3 aromatic rings. The molecule has 0 fully saturated rings. The van der Waals surface area contributed by atoms with E-state index in [4.69, 9.17) is 11.6 Å². The maximum Gasteiger partial charge on any atom is 0.274 e. The molecule has 0 aliphatic carbocycles. The zero-order valence-electron chi connectivity index (χ0n) is 15.8. The maximum absolute atomic E-state index is 12.7. The SMILES string of the molecule is Cc1cccc(NC(=O)c2cc(C(=O)Nc3c(C)cc(C)cc3Cl)ccn2)c1. The van der Waals surface area contributed by atoms with Crippen LogP contribution in [-0.4, -0.2) is 16.8 Å². The van der Waals surface area contributed by atoms with E-state index < -0.39 is 0 Å². The van der Waals surface area contributed by atoms with Crippen molar-refractivity contribution in [3.63, 3.8) is 0 Å². The number of amides is 2. The lowest BCUT2D eigenvalue weighted by atomic mass is 10.1. The molecular weight excluding hydrogens is 374 g/mol. The molecule has 0 aliphatic rings. The zero-order valence-corrected chi connectivity index (χ0v) is 16.6. The van der Waals surface area contributed by atoms with Gasteiger partial charge in [-0.15, -0.1) is 0 Å². The summed E-state index contributed by atoms with van der Waals surface area (Å²) in [5, 5.41) is 6.07. The fraction of sp³-hybridized carbons (Fsp3) is 0.136. The van der Waals surface area contributed by atoms with Crippen molar-refractivity contribution < 1.29 is 9.59 Å². The van der Waals surface area contributed by atoms with Crippen molar-refractivity contribution in [2.75, 3.05) is 10.6 Å². The molecule has 1 aromatic heterocycles. The van der Waals surface area contributed by atoms with Gasteiger partial charge in [0, 0.05) is 17.4 Å². The van der Waals surface area contributed by atoms with Gasteiger partial charge in [-0.05, 0) is 67.8 Å². The number of aryl methyl sites for hydroxylation is 3. The molecule has 5 nitrogen and oxygen atoms in total. The van der Waals surface area contributed by atoms with Gasteiger partial charge in [0.2, 0.25) is 0 Å². The van der Waals surface area contributed by atoms with Gasteiger partial charge < -0.3 is 10.6 Å². The molecule has 0 aliphatic heterocycles. The number of pyridine rings is 1. The Morgan fingerprint density at radius 2 is 1.68 bits per heavy atom. The number of carbonyl (C=O) groups is 2. The minimum absolute atomic E-state index is 0.154. The highest BCUT2D eigenvalue weighted by molar-refractivity contribution is 6.34. The van der Waals surface area contributed by atoms with Gasteiger partial charge in [-0.1, -0.05) is 29.8 Å². The molecule has 0 radical (unpaired) electrons. The first kappa shape index (κ1) is 19.6. The highest BCUT2D eigenvalue weighted by Gasteiger charge is 2.15. The number of anilines is 2. The van der Waals surface area contributed by atoms with Crippen LogP contribution in [0.25, 0.3) is 0 Å². The highest BCUT2D eigenvalue weighted by atomic mass is 35.5. The summed E-state index contributed by atoms with van der Waals surface area (Å²) in [6.45, 7) is 5.76. The molecule has 3 rings (SSSR count). The summed E-state index contributed by atoms with van der Waals surface area (Å²) in [5.74, 6) is -0.745. The van der Waals surface area contributed by atoms with Crippen LogP contribution in [0.1, 0.15) is 37.5 Å². The molecule has 0 atom stereocenters. The van der Waals surface area contributed by atoms with Gasteiger partial charge in [0.25, 0.3) is 11.8 Å². The lowest BCUT2D eigenvalue weighted by Gasteiger charge is -2.12. The van der Waals surface area contributed by atoms with E-state index in [2.05, 4.69) is 15.6 Å². The molecule has 2 amide bonds. The monoisotopic (exact) mass is 393 g/mol. The van der Waals surface area contributed by atoms with E-state index >= 15 is 0 Å². The quantitative estimate of drug-likeness (QED) is 0.642. The summed E-state index contributed by atoms with van der Waals surface area (Å²) >= 11 is 6.26. The number of benzene rings is 2. The molecule has 142 valence electrons. The molecule has 6 heteroatoms. The number of halogens is 1. The molecule has 2 N–H and O–H groups in total. The van der Waals surface area contributed by atoms with Gasteiger partial charge in [0.15, 0.2) is 0 Å². The molecule has 28 heavy (non-hydrogen) atoms. The van der Waals surface area contributed by atoms with Crippen LogP contribution in [0.5, 0.6) is 0 Å². The number of hydrogen-bond acceptors (Lipinski definition) is 3. The van der Waals surface area contributed by atoms with E-state index in [1.165, 1.54) is 12.3 Å². The van der Waals surface area contributed by atoms with Crippen LogP contribution >= 0.6 is 11.6 Å². The molecule has 1 heterocycles. The van der Waals surface area contributed by atoms with Crippen LogP contribution in [0.4, 0.5) is 11.4 Å². The van der Waals surface area contributed by atoms with Crippen LogP contribution in [0.2, 0.25) is 5.02 Å². The Morgan fingerprint density at radius 1 is 0.893 bits per heavy atom. The summed E-state index contributed by atoms with van der Waals surface area (Å²) in [5.41, 5.74) is 4.61. The van der Waals surface area contributed by atoms with Gasteiger partial charge in [-0.3, -0.25) is 14.6 Å². The first-order chi connectivity index (χ1) is 13.3. The Kier molecular flexibility index (Phi) is 5.76. The summed E-state index contributed by atoms with van der Waals surface area (Å²) in [6, 6.07) is 14.2. The summed E-state index contributed by atoms with van der Waals surface area (Å²) in [4.78, 5) is 29.2. The normalized spacial score (nSPS) is 10.4. The first-order valence-corrected chi connectivity index (χ1v) is 9.13. The minimum atomic E-state index is -0.384. The second-order valence-corrected chi connectivity index (χ2v) is 7.05. The largest absolute Gasteiger partial charge is 0.321 e. The Hall–Kier alpha value is -3.18. The third-order valence-corrected chi connectivity index (χ3v) is 4.50. The summed E-state index contributed by atoms with van der Waals surface area (Å²) in [6.07, 6.45) is 1.43. The Balaban J connectivity index is 1.79. The number of nitrogens with one attached hydrogen (secondary N) is 2. The van der Waals surface area contributed by atoms with Gasteiger partial charge in [-0.25, -0.2) is 0 Å². The van der Waals surface area contributed by atoms with E-state index in [9.17, 15) is 9.59 Å². The van der Waals surface area contributed by atoms with E-state index in [1.807, 2.05) is 45.0 Å². The number of carbonyl (C=O) groups excluding carboxylic acids is 2.